The molecule has 1 saturated heterocycles. The number of aliphatic hydroxyl groups is 2. The summed E-state index contributed by atoms with van der Waals surface area (Å²) in [6, 6.07) is -2.63. The number of amides is 2. The Kier molecular flexibility index (Phi) is 5.21. The number of carboxylic acids is 1. The van der Waals surface area contributed by atoms with E-state index in [0.717, 1.165) is 4.90 Å². The van der Waals surface area contributed by atoms with Gasteiger partial charge in [-0.15, -0.1) is 0 Å². The highest BCUT2D eigenvalue weighted by Crippen LogP contribution is 2.19. The Morgan fingerprint density at radius 2 is 2.05 bits per heavy atom. The van der Waals surface area contributed by atoms with Gasteiger partial charge < -0.3 is 31.3 Å². The molecule has 1 heterocycles. The van der Waals surface area contributed by atoms with Crippen LogP contribution in [0.1, 0.15) is 6.42 Å². The van der Waals surface area contributed by atoms with Crippen LogP contribution in [0.3, 0.4) is 0 Å². The number of hydrogen-bond acceptors (Lipinski definition) is 6. The third-order valence-electron chi connectivity index (χ3n) is 2.90. The zero-order valence-electron chi connectivity index (χ0n) is 10.2. The van der Waals surface area contributed by atoms with Crippen LogP contribution in [0, 0.1) is 0 Å². The Bertz CT molecular complexity index is 374. The number of nitrogens with two attached hydrogens (primary N) is 1. The van der Waals surface area contributed by atoms with Crippen LogP contribution in [-0.4, -0.2) is 75.9 Å². The maximum absolute atomic E-state index is 12.0. The largest absolute Gasteiger partial charge is 0.480 e. The van der Waals surface area contributed by atoms with Crippen molar-refractivity contribution in [1.29, 1.82) is 0 Å². The summed E-state index contributed by atoms with van der Waals surface area (Å²) in [6.45, 7) is -0.982. The molecular weight excluding hydrogens is 258 g/mol. The van der Waals surface area contributed by atoms with E-state index in [1.165, 1.54) is 0 Å². The SMILES string of the molecule is NCC(=O)N[C@@H](CO)C(=O)N1CC[C@H](O)[C@H]1C(=O)O. The van der Waals surface area contributed by atoms with Gasteiger partial charge in [-0.05, 0) is 6.42 Å². The highest BCUT2D eigenvalue weighted by Gasteiger charge is 2.43. The first-order valence-corrected chi connectivity index (χ1v) is 5.74. The number of aliphatic carboxylic acids is 1. The molecule has 0 aromatic heterocycles. The fourth-order valence-electron chi connectivity index (χ4n) is 1.96. The number of nitrogens with one attached hydrogen (secondary N) is 1. The minimum absolute atomic E-state index is 0.0476. The Hall–Kier alpha value is -1.71. The summed E-state index contributed by atoms with van der Waals surface area (Å²) in [6.07, 6.45) is -1.03. The number of nitrogens with zero attached hydrogens (tertiary/aromatic N) is 1. The van der Waals surface area contributed by atoms with Gasteiger partial charge in [0, 0.05) is 6.54 Å². The molecule has 0 aliphatic carbocycles. The molecule has 0 aromatic carbocycles. The van der Waals surface area contributed by atoms with Gasteiger partial charge in [0.25, 0.3) is 0 Å². The van der Waals surface area contributed by atoms with Crippen LogP contribution in [0.4, 0.5) is 0 Å². The van der Waals surface area contributed by atoms with Crippen molar-refractivity contribution in [2.24, 2.45) is 5.73 Å². The van der Waals surface area contributed by atoms with Crippen LogP contribution >= 0.6 is 0 Å². The molecule has 1 fully saturated rings. The molecule has 3 atom stereocenters. The molecule has 0 saturated carbocycles. The Balaban J connectivity index is 2.79. The fraction of sp³-hybridized carbons (Fsp3) is 0.700. The predicted molar refractivity (Wildman–Crippen MR) is 61.8 cm³/mol. The number of carboxylic acid groups (broad SMARTS) is 1. The van der Waals surface area contributed by atoms with E-state index in [-0.39, 0.29) is 19.5 Å². The second-order valence-electron chi connectivity index (χ2n) is 4.18. The van der Waals surface area contributed by atoms with Crippen molar-refractivity contribution in [3.8, 4) is 0 Å². The van der Waals surface area contributed by atoms with Crippen LogP contribution in [0.15, 0.2) is 0 Å². The lowest BCUT2D eigenvalue weighted by Crippen LogP contribution is -2.55. The van der Waals surface area contributed by atoms with E-state index in [9.17, 15) is 19.5 Å². The third kappa shape index (κ3) is 3.40. The van der Waals surface area contributed by atoms with Crippen LogP contribution in [0.5, 0.6) is 0 Å². The normalized spacial score (nSPS) is 24.1. The molecule has 0 bridgehead atoms. The Morgan fingerprint density at radius 3 is 2.53 bits per heavy atom. The van der Waals surface area contributed by atoms with Crippen molar-refractivity contribution in [2.45, 2.75) is 24.6 Å². The Morgan fingerprint density at radius 1 is 1.42 bits per heavy atom. The van der Waals surface area contributed by atoms with Gasteiger partial charge >= 0.3 is 5.97 Å². The standard InChI is InChI=1S/C10H17N3O6/c11-3-7(16)12-5(4-14)9(17)13-2-1-6(15)8(13)10(18)19/h5-6,8,14-15H,1-4,11H2,(H,12,16)(H,18,19)/t5-,6-,8-/m0/s1. The average molecular weight is 275 g/mol. The van der Waals surface area contributed by atoms with Crippen LogP contribution in [0.25, 0.3) is 0 Å². The second-order valence-corrected chi connectivity index (χ2v) is 4.18. The minimum Gasteiger partial charge on any atom is -0.480 e. The van der Waals surface area contributed by atoms with E-state index in [0.29, 0.717) is 0 Å². The van der Waals surface area contributed by atoms with Gasteiger partial charge in [0.15, 0.2) is 6.04 Å². The maximum atomic E-state index is 12.0. The number of carbonyl (C=O) groups is 3. The first-order chi connectivity index (χ1) is 8.92. The van der Waals surface area contributed by atoms with Gasteiger partial charge in [0.2, 0.25) is 11.8 Å². The lowest BCUT2D eigenvalue weighted by molar-refractivity contribution is -0.152. The summed E-state index contributed by atoms with van der Waals surface area (Å²) in [5, 5.41) is 29.7. The molecule has 2 amide bonds. The predicted octanol–water partition coefficient (Wildman–Crippen LogP) is -3.53. The van der Waals surface area contributed by atoms with Crippen molar-refractivity contribution >= 4 is 17.8 Å². The molecule has 6 N–H and O–H groups in total. The molecule has 0 radical (unpaired) electrons. The summed E-state index contributed by atoms with van der Waals surface area (Å²) in [7, 11) is 0. The Labute approximate surface area is 109 Å². The summed E-state index contributed by atoms with van der Waals surface area (Å²) >= 11 is 0. The molecule has 1 aliphatic heterocycles. The second kappa shape index (κ2) is 6.45. The van der Waals surface area contributed by atoms with Crippen LogP contribution < -0.4 is 11.1 Å². The van der Waals surface area contributed by atoms with Crippen molar-refractivity contribution in [2.75, 3.05) is 19.7 Å². The number of hydrogen-bond donors (Lipinski definition) is 5. The van der Waals surface area contributed by atoms with E-state index in [2.05, 4.69) is 5.32 Å². The lowest BCUT2D eigenvalue weighted by Gasteiger charge is -2.26. The van der Waals surface area contributed by atoms with Crippen LogP contribution in [0.2, 0.25) is 0 Å². The van der Waals surface area contributed by atoms with Crippen molar-refractivity contribution < 1.29 is 29.7 Å². The zero-order chi connectivity index (χ0) is 14.6. The van der Waals surface area contributed by atoms with E-state index in [4.69, 9.17) is 15.9 Å². The summed E-state index contributed by atoms with van der Waals surface area (Å²) in [4.78, 5) is 35.0. The number of carbonyl (C=O) groups excluding carboxylic acids is 2. The highest BCUT2D eigenvalue weighted by molar-refractivity contribution is 5.91. The summed E-state index contributed by atoms with van der Waals surface area (Å²) in [5.74, 6) is -2.73. The maximum Gasteiger partial charge on any atom is 0.329 e. The van der Waals surface area contributed by atoms with Gasteiger partial charge in [-0.1, -0.05) is 0 Å². The minimum atomic E-state index is -1.36. The van der Waals surface area contributed by atoms with Gasteiger partial charge in [-0.2, -0.15) is 0 Å². The molecule has 19 heavy (non-hydrogen) atoms. The van der Waals surface area contributed by atoms with Crippen molar-refractivity contribution in [3.63, 3.8) is 0 Å². The number of aliphatic hydroxyl groups excluding tert-OH is 2. The van der Waals surface area contributed by atoms with Gasteiger partial charge in [-0.3, -0.25) is 9.59 Å². The lowest BCUT2D eigenvalue weighted by atomic mass is 10.1. The molecule has 9 nitrogen and oxygen atoms in total. The number of rotatable bonds is 5. The van der Waals surface area contributed by atoms with E-state index < -0.39 is 42.6 Å². The molecule has 1 aliphatic rings. The van der Waals surface area contributed by atoms with Gasteiger partial charge in [0.05, 0.1) is 19.3 Å². The molecule has 1 rings (SSSR count). The summed E-state index contributed by atoms with van der Waals surface area (Å²) in [5.41, 5.74) is 5.07. The average Bonchev–Trinajstić information content (AvgIpc) is 2.76. The van der Waals surface area contributed by atoms with Gasteiger partial charge in [-0.25, -0.2) is 4.79 Å². The third-order valence-corrected chi connectivity index (χ3v) is 2.90. The topological polar surface area (TPSA) is 153 Å². The first-order valence-electron chi connectivity index (χ1n) is 5.74. The van der Waals surface area contributed by atoms with E-state index >= 15 is 0 Å². The molecule has 9 heteroatoms. The first kappa shape index (κ1) is 15.3. The molecule has 0 unspecified atom stereocenters. The highest BCUT2D eigenvalue weighted by atomic mass is 16.4. The number of likely N-dealkylation sites (tertiary alicyclic amines) is 1. The van der Waals surface area contributed by atoms with Crippen molar-refractivity contribution in [3.05, 3.63) is 0 Å². The molecule has 108 valence electrons. The molecular formula is C10H17N3O6. The zero-order valence-corrected chi connectivity index (χ0v) is 10.2. The quantitative estimate of drug-likeness (QED) is 0.348. The smallest absolute Gasteiger partial charge is 0.329 e. The van der Waals surface area contributed by atoms with E-state index in [1.54, 1.807) is 0 Å². The van der Waals surface area contributed by atoms with E-state index in [1.807, 2.05) is 0 Å². The van der Waals surface area contributed by atoms with Crippen molar-refractivity contribution in [1.82, 2.24) is 10.2 Å². The van der Waals surface area contributed by atoms with Crippen LogP contribution in [-0.2, 0) is 14.4 Å². The molecule has 0 aromatic rings. The molecule has 0 spiro atoms. The summed E-state index contributed by atoms with van der Waals surface area (Å²) < 4.78 is 0. The fourth-order valence-corrected chi connectivity index (χ4v) is 1.96. The van der Waals surface area contributed by atoms with Gasteiger partial charge in [0.1, 0.15) is 6.04 Å². The monoisotopic (exact) mass is 275 g/mol.